The summed E-state index contributed by atoms with van der Waals surface area (Å²) in [5, 5.41) is 23.8. The maximum absolute atomic E-state index is 12.4. The first-order valence-electron chi connectivity index (χ1n) is 7.18. The number of amides is 2. The first-order chi connectivity index (χ1) is 10.6. The van der Waals surface area contributed by atoms with Gasteiger partial charge in [-0.05, 0) is 30.4 Å². The Kier molecular flexibility index (Phi) is 2.63. The molecule has 4 atom stereocenters. The number of allylic oxidation sites excluding steroid dienone is 2. The molecule has 1 saturated heterocycles. The Morgan fingerprint density at radius 1 is 1.09 bits per heavy atom. The van der Waals surface area contributed by atoms with Gasteiger partial charge >= 0.3 is 0 Å². The lowest BCUT2D eigenvalue weighted by Crippen LogP contribution is -2.28. The Bertz CT molecular complexity index is 710. The highest BCUT2D eigenvalue weighted by Crippen LogP contribution is 2.52. The van der Waals surface area contributed by atoms with E-state index in [4.69, 9.17) is 0 Å². The number of hydrogen-bond donors (Lipinski definition) is 2. The van der Waals surface area contributed by atoms with Crippen LogP contribution in [0.3, 0.4) is 0 Å². The quantitative estimate of drug-likeness (QED) is 0.488. The van der Waals surface area contributed by atoms with Crippen molar-refractivity contribution in [1.29, 1.82) is 0 Å². The summed E-state index contributed by atoms with van der Waals surface area (Å²) in [6.07, 6.45) is 6.19. The topological polar surface area (TPSA) is 90.2 Å². The molecule has 1 aromatic carbocycles. The minimum atomic E-state index is -0.284. The molecular formula is C16H14N2O4. The fourth-order valence-electron chi connectivity index (χ4n) is 3.76. The number of imide groups is 1. The van der Waals surface area contributed by atoms with Crippen LogP contribution in [-0.4, -0.2) is 33.3 Å². The number of hydrazone groups is 1. The number of phenols is 2. The lowest BCUT2D eigenvalue weighted by Gasteiger charge is -2.13. The minimum Gasteiger partial charge on any atom is -0.508 e. The first-order valence-corrected chi connectivity index (χ1v) is 7.18. The van der Waals surface area contributed by atoms with E-state index in [9.17, 15) is 19.8 Å². The summed E-state index contributed by atoms with van der Waals surface area (Å²) >= 11 is 0. The summed E-state index contributed by atoms with van der Waals surface area (Å²) in [4.78, 5) is 24.8. The number of benzene rings is 1. The van der Waals surface area contributed by atoms with E-state index in [1.165, 1.54) is 24.4 Å². The van der Waals surface area contributed by atoms with Crippen LogP contribution in [0.5, 0.6) is 11.5 Å². The summed E-state index contributed by atoms with van der Waals surface area (Å²) < 4.78 is 0. The average Bonchev–Trinajstić information content (AvgIpc) is 3.14. The Morgan fingerprint density at radius 3 is 2.32 bits per heavy atom. The minimum absolute atomic E-state index is 0.0693. The second-order valence-corrected chi connectivity index (χ2v) is 5.98. The third-order valence-electron chi connectivity index (χ3n) is 4.77. The Morgan fingerprint density at radius 2 is 1.73 bits per heavy atom. The van der Waals surface area contributed by atoms with Crippen molar-refractivity contribution in [2.75, 3.05) is 0 Å². The highest BCUT2D eigenvalue weighted by molar-refractivity contribution is 6.06. The second-order valence-electron chi connectivity index (χ2n) is 5.98. The van der Waals surface area contributed by atoms with Crippen molar-refractivity contribution in [3.05, 3.63) is 35.9 Å². The van der Waals surface area contributed by atoms with E-state index < -0.39 is 0 Å². The first kappa shape index (κ1) is 13.1. The molecule has 1 aliphatic heterocycles. The van der Waals surface area contributed by atoms with Crippen molar-refractivity contribution in [3.8, 4) is 11.5 Å². The van der Waals surface area contributed by atoms with Crippen LogP contribution in [0.15, 0.2) is 35.5 Å². The van der Waals surface area contributed by atoms with Gasteiger partial charge in [-0.3, -0.25) is 9.59 Å². The molecule has 2 fully saturated rings. The molecular weight excluding hydrogens is 284 g/mol. The molecule has 6 heteroatoms. The van der Waals surface area contributed by atoms with Gasteiger partial charge in [-0.2, -0.15) is 10.1 Å². The summed E-state index contributed by atoms with van der Waals surface area (Å²) in [5.41, 5.74) is 0.330. The van der Waals surface area contributed by atoms with E-state index in [-0.39, 0.29) is 47.0 Å². The van der Waals surface area contributed by atoms with Gasteiger partial charge in [0.2, 0.25) is 0 Å². The van der Waals surface area contributed by atoms with Gasteiger partial charge in [-0.15, -0.1) is 0 Å². The number of phenolic OH excluding ortho intramolecular Hbond substituents is 2. The molecule has 2 bridgehead atoms. The van der Waals surface area contributed by atoms with Gasteiger partial charge in [-0.25, -0.2) is 0 Å². The standard InChI is InChI=1S/C16H14N2O4/c19-11-4-3-10(12(20)6-11)7-17-18-15(21)13-8-1-2-9(5-8)14(13)16(18)22/h1-4,6-9,13-14,19-20H,5H2/t8-,9-,13-,14+/m0/s1. The van der Waals surface area contributed by atoms with E-state index in [0.717, 1.165) is 11.4 Å². The van der Waals surface area contributed by atoms with Crippen LogP contribution in [0.1, 0.15) is 12.0 Å². The zero-order valence-corrected chi connectivity index (χ0v) is 11.6. The van der Waals surface area contributed by atoms with Gasteiger partial charge in [-0.1, -0.05) is 12.2 Å². The molecule has 1 heterocycles. The predicted octanol–water partition coefficient (Wildman–Crippen LogP) is 1.24. The lowest BCUT2D eigenvalue weighted by molar-refractivity contribution is -0.140. The Balaban J connectivity index is 1.60. The van der Waals surface area contributed by atoms with Crippen LogP contribution < -0.4 is 0 Å². The van der Waals surface area contributed by atoms with E-state index in [1.807, 2.05) is 12.2 Å². The highest BCUT2D eigenvalue weighted by Gasteiger charge is 2.59. The molecule has 0 unspecified atom stereocenters. The van der Waals surface area contributed by atoms with Crippen LogP contribution in [0, 0.1) is 23.7 Å². The maximum Gasteiger partial charge on any atom is 0.254 e. The van der Waals surface area contributed by atoms with Crippen molar-refractivity contribution < 1.29 is 19.8 Å². The number of carbonyl (C=O) groups excluding carboxylic acids is 2. The third kappa shape index (κ3) is 1.70. The normalized spacial score (nSPS) is 32.5. The van der Waals surface area contributed by atoms with Gasteiger partial charge in [0, 0.05) is 11.6 Å². The summed E-state index contributed by atoms with van der Waals surface area (Å²) in [7, 11) is 0. The fourth-order valence-corrected chi connectivity index (χ4v) is 3.76. The molecule has 0 spiro atoms. The van der Waals surface area contributed by atoms with Crippen molar-refractivity contribution in [2.24, 2.45) is 28.8 Å². The Labute approximate surface area is 126 Å². The van der Waals surface area contributed by atoms with Crippen LogP contribution in [0.2, 0.25) is 0 Å². The molecule has 4 rings (SSSR count). The molecule has 2 N–H and O–H groups in total. The number of hydrogen-bond acceptors (Lipinski definition) is 5. The molecule has 112 valence electrons. The van der Waals surface area contributed by atoms with E-state index in [2.05, 4.69) is 5.10 Å². The van der Waals surface area contributed by atoms with E-state index in [1.54, 1.807) is 0 Å². The lowest BCUT2D eigenvalue weighted by atomic mass is 9.85. The van der Waals surface area contributed by atoms with Crippen LogP contribution in [-0.2, 0) is 9.59 Å². The van der Waals surface area contributed by atoms with Gasteiger partial charge < -0.3 is 10.2 Å². The summed E-state index contributed by atoms with van der Waals surface area (Å²) in [6.45, 7) is 0. The Hall–Kier alpha value is -2.63. The zero-order chi connectivity index (χ0) is 15.4. The molecule has 6 nitrogen and oxygen atoms in total. The molecule has 1 aromatic rings. The number of fused-ring (bicyclic) bond motifs is 5. The van der Waals surface area contributed by atoms with E-state index in [0.29, 0.717) is 5.56 Å². The summed E-state index contributed by atoms with van der Waals surface area (Å²) in [6, 6.07) is 4.03. The molecule has 2 aliphatic carbocycles. The van der Waals surface area contributed by atoms with Crippen molar-refractivity contribution in [1.82, 2.24) is 5.01 Å². The highest BCUT2D eigenvalue weighted by atomic mass is 16.3. The van der Waals surface area contributed by atoms with Crippen molar-refractivity contribution >= 4 is 18.0 Å². The third-order valence-corrected chi connectivity index (χ3v) is 4.77. The average molecular weight is 298 g/mol. The maximum atomic E-state index is 12.4. The predicted molar refractivity (Wildman–Crippen MR) is 76.9 cm³/mol. The number of carbonyl (C=O) groups is 2. The zero-order valence-electron chi connectivity index (χ0n) is 11.6. The van der Waals surface area contributed by atoms with Crippen LogP contribution in [0.25, 0.3) is 0 Å². The molecule has 0 radical (unpaired) electrons. The molecule has 3 aliphatic rings. The number of nitrogens with zero attached hydrogens (tertiary/aromatic N) is 2. The number of rotatable bonds is 2. The van der Waals surface area contributed by atoms with Gasteiger partial charge in [0.1, 0.15) is 11.5 Å². The molecule has 2 amide bonds. The van der Waals surface area contributed by atoms with Crippen LogP contribution in [0.4, 0.5) is 0 Å². The SMILES string of the molecule is O=C1[C@@H]2[C@H](C(=O)N1N=Cc1ccc(O)cc1O)[C@H]1C=C[C@H]2C1. The van der Waals surface area contributed by atoms with E-state index >= 15 is 0 Å². The largest absolute Gasteiger partial charge is 0.508 e. The number of aromatic hydroxyl groups is 2. The van der Waals surface area contributed by atoms with Gasteiger partial charge in [0.15, 0.2) is 0 Å². The van der Waals surface area contributed by atoms with Gasteiger partial charge in [0.05, 0.1) is 18.1 Å². The summed E-state index contributed by atoms with van der Waals surface area (Å²) in [5.74, 6) is -1.03. The van der Waals surface area contributed by atoms with Crippen molar-refractivity contribution in [2.45, 2.75) is 6.42 Å². The fraction of sp³-hybridized carbons (Fsp3) is 0.312. The molecule has 0 aromatic heterocycles. The monoisotopic (exact) mass is 298 g/mol. The molecule has 22 heavy (non-hydrogen) atoms. The smallest absolute Gasteiger partial charge is 0.254 e. The molecule has 1 saturated carbocycles. The van der Waals surface area contributed by atoms with Gasteiger partial charge in [0.25, 0.3) is 11.8 Å². The van der Waals surface area contributed by atoms with Crippen molar-refractivity contribution in [3.63, 3.8) is 0 Å². The van der Waals surface area contributed by atoms with Crippen LogP contribution >= 0.6 is 0 Å². The second kappa shape index (κ2) is 4.43.